The van der Waals surface area contributed by atoms with Gasteiger partial charge in [0, 0.05) is 25.0 Å². The number of nitrogens with zero attached hydrogens (tertiary/aromatic N) is 1. The summed E-state index contributed by atoms with van der Waals surface area (Å²) in [5.41, 5.74) is 5.40. The SMILES string of the molecule is CCCC(C)N(C)C(=O)CC(C)(C)N. The molecule has 0 aliphatic carbocycles. The molecule has 0 heterocycles. The van der Waals surface area contributed by atoms with Crippen LogP contribution in [0.3, 0.4) is 0 Å². The lowest BCUT2D eigenvalue weighted by atomic mass is 10.0. The van der Waals surface area contributed by atoms with Gasteiger partial charge in [0.15, 0.2) is 0 Å². The van der Waals surface area contributed by atoms with E-state index in [9.17, 15) is 4.79 Å². The Balaban J connectivity index is 4.12. The Morgan fingerprint density at radius 3 is 2.36 bits per heavy atom. The maximum Gasteiger partial charge on any atom is 0.224 e. The molecule has 0 spiro atoms. The second kappa shape index (κ2) is 5.35. The summed E-state index contributed by atoms with van der Waals surface area (Å²) in [5.74, 6) is 0.137. The zero-order chi connectivity index (χ0) is 11.4. The molecule has 0 bridgehead atoms. The lowest BCUT2D eigenvalue weighted by Crippen LogP contribution is -2.42. The molecule has 0 aliphatic rings. The van der Waals surface area contributed by atoms with Crippen molar-refractivity contribution in [2.24, 2.45) is 5.73 Å². The van der Waals surface area contributed by atoms with Gasteiger partial charge in [0.1, 0.15) is 0 Å². The third-order valence-corrected chi connectivity index (χ3v) is 2.37. The second-order valence-electron chi connectivity index (χ2n) is 4.81. The molecule has 0 rings (SSSR count). The van der Waals surface area contributed by atoms with Gasteiger partial charge >= 0.3 is 0 Å². The van der Waals surface area contributed by atoms with Crippen molar-refractivity contribution in [3.63, 3.8) is 0 Å². The van der Waals surface area contributed by atoms with Gasteiger partial charge in [-0.2, -0.15) is 0 Å². The van der Waals surface area contributed by atoms with E-state index in [2.05, 4.69) is 13.8 Å². The van der Waals surface area contributed by atoms with Crippen LogP contribution in [-0.4, -0.2) is 29.4 Å². The maximum absolute atomic E-state index is 11.7. The van der Waals surface area contributed by atoms with Crippen molar-refractivity contribution in [2.45, 2.75) is 58.5 Å². The summed E-state index contributed by atoms with van der Waals surface area (Å²) in [6.45, 7) is 7.96. The molecule has 0 aromatic carbocycles. The summed E-state index contributed by atoms with van der Waals surface area (Å²) in [6.07, 6.45) is 2.57. The molecule has 0 aromatic heterocycles. The predicted molar refractivity (Wildman–Crippen MR) is 60.0 cm³/mol. The fourth-order valence-electron chi connectivity index (χ4n) is 1.37. The van der Waals surface area contributed by atoms with Gasteiger partial charge in [-0.25, -0.2) is 0 Å². The highest BCUT2D eigenvalue weighted by Crippen LogP contribution is 2.10. The van der Waals surface area contributed by atoms with Gasteiger partial charge in [-0.1, -0.05) is 13.3 Å². The first-order chi connectivity index (χ1) is 6.28. The summed E-state index contributed by atoms with van der Waals surface area (Å²) in [7, 11) is 1.86. The molecule has 2 N–H and O–H groups in total. The lowest BCUT2D eigenvalue weighted by molar-refractivity contribution is -0.132. The number of carbonyl (C=O) groups excluding carboxylic acids is 1. The zero-order valence-electron chi connectivity index (χ0n) is 10.1. The first-order valence-corrected chi connectivity index (χ1v) is 5.32. The summed E-state index contributed by atoms with van der Waals surface area (Å²) in [6, 6.07) is 0.315. The Labute approximate surface area is 87.6 Å². The molecule has 0 radical (unpaired) electrons. The largest absolute Gasteiger partial charge is 0.343 e. The van der Waals surface area contributed by atoms with E-state index in [4.69, 9.17) is 5.73 Å². The standard InChI is InChI=1S/C11H24N2O/c1-6-7-9(2)13(5)10(14)8-11(3,4)12/h9H,6-8,12H2,1-5H3. The van der Waals surface area contributed by atoms with Crippen LogP contribution in [0.4, 0.5) is 0 Å². The zero-order valence-corrected chi connectivity index (χ0v) is 10.1. The average molecular weight is 200 g/mol. The van der Waals surface area contributed by atoms with Crippen molar-refractivity contribution < 1.29 is 4.79 Å². The highest BCUT2D eigenvalue weighted by molar-refractivity contribution is 5.77. The van der Waals surface area contributed by atoms with E-state index in [-0.39, 0.29) is 5.91 Å². The third-order valence-electron chi connectivity index (χ3n) is 2.37. The molecule has 0 aromatic rings. The van der Waals surface area contributed by atoms with Crippen molar-refractivity contribution in [1.29, 1.82) is 0 Å². The Kier molecular flexibility index (Phi) is 5.13. The normalized spacial score (nSPS) is 13.9. The number of hydrogen-bond donors (Lipinski definition) is 1. The molecule has 1 atom stereocenters. The van der Waals surface area contributed by atoms with E-state index in [0.29, 0.717) is 12.5 Å². The molecule has 1 unspecified atom stereocenters. The van der Waals surface area contributed by atoms with Gasteiger partial charge in [-0.3, -0.25) is 4.79 Å². The Morgan fingerprint density at radius 1 is 1.50 bits per heavy atom. The van der Waals surface area contributed by atoms with Crippen LogP contribution in [0.2, 0.25) is 0 Å². The molecular formula is C11H24N2O. The topological polar surface area (TPSA) is 46.3 Å². The number of hydrogen-bond acceptors (Lipinski definition) is 2. The molecule has 3 heteroatoms. The summed E-state index contributed by atoms with van der Waals surface area (Å²) in [4.78, 5) is 13.5. The summed E-state index contributed by atoms with van der Waals surface area (Å²) < 4.78 is 0. The number of carbonyl (C=O) groups is 1. The van der Waals surface area contributed by atoms with Gasteiger partial charge < -0.3 is 10.6 Å². The van der Waals surface area contributed by atoms with E-state index < -0.39 is 5.54 Å². The molecular weight excluding hydrogens is 176 g/mol. The highest BCUT2D eigenvalue weighted by Gasteiger charge is 2.21. The van der Waals surface area contributed by atoms with Gasteiger partial charge in [-0.05, 0) is 27.2 Å². The molecule has 1 amide bonds. The quantitative estimate of drug-likeness (QED) is 0.735. The van der Waals surface area contributed by atoms with E-state index in [1.54, 1.807) is 4.90 Å². The summed E-state index contributed by atoms with van der Waals surface area (Å²) in [5, 5.41) is 0. The Hall–Kier alpha value is -0.570. The van der Waals surface area contributed by atoms with Crippen LogP contribution in [0.5, 0.6) is 0 Å². The monoisotopic (exact) mass is 200 g/mol. The van der Waals surface area contributed by atoms with Crippen LogP contribution < -0.4 is 5.73 Å². The van der Waals surface area contributed by atoms with E-state index in [0.717, 1.165) is 12.8 Å². The van der Waals surface area contributed by atoms with Crippen LogP contribution in [0.25, 0.3) is 0 Å². The average Bonchev–Trinajstić information content (AvgIpc) is 2.00. The molecule has 3 nitrogen and oxygen atoms in total. The molecule has 14 heavy (non-hydrogen) atoms. The minimum Gasteiger partial charge on any atom is -0.343 e. The predicted octanol–water partition coefficient (Wildman–Crippen LogP) is 1.76. The van der Waals surface area contributed by atoms with Crippen molar-refractivity contribution in [1.82, 2.24) is 4.90 Å². The van der Waals surface area contributed by atoms with Crippen LogP contribution in [0, 0.1) is 0 Å². The third kappa shape index (κ3) is 5.22. The lowest BCUT2D eigenvalue weighted by Gasteiger charge is -2.28. The van der Waals surface area contributed by atoms with Gasteiger partial charge in [-0.15, -0.1) is 0 Å². The first kappa shape index (κ1) is 13.4. The Morgan fingerprint density at radius 2 is 2.00 bits per heavy atom. The molecule has 0 fully saturated rings. The number of amides is 1. The van der Waals surface area contributed by atoms with Crippen LogP contribution in [0.1, 0.15) is 47.0 Å². The van der Waals surface area contributed by atoms with E-state index in [1.165, 1.54) is 0 Å². The molecule has 0 aliphatic heterocycles. The minimum atomic E-state index is -0.405. The molecule has 84 valence electrons. The highest BCUT2D eigenvalue weighted by atomic mass is 16.2. The fourth-order valence-corrected chi connectivity index (χ4v) is 1.37. The minimum absolute atomic E-state index is 0.137. The van der Waals surface area contributed by atoms with Crippen LogP contribution in [0.15, 0.2) is 0 Å². The van der Waals surface area contributed by atoms with Gasteiger partial charge in [0.25, 0.3) is 0 Å². The van der Waals surface area contributed by atoms with Gasteiger partial charge in [0.05, 0.1) is 0 Å². The summed E-state index contributed by atoms with van der Waals surface area (Å²) >= 11 is 0. The maximum atomic E-state index is 11.7. The smallest absolute Gasteiger partial charge is 0.224 e. The molecule has 0 saturated carbocycles. The van der Waals surface area contributed by atoms with Crippen molar-refractivity contribution in [3.8, 4) is 0 Å². The number of nitrogens with two attached hydrogens (primary N) is 1. The van der Waals surface area contributed by atoms with E-state index >= 15 is 0 Å². The second-order valence-corrected chi connectivity index (χ2v) is 4.81. The van der Waals surface area contributed by atoms with Crippen LogP contribution in [-0.2, 0) is 4.79 Å². The van der Waals surface area contributed by atoms with Crippen molar-refractivity contribution in [3.05, 3.63) is 0 Å². The van der Waals surface area contributed by atoms with Crippen molar-refractivity contribution >= 4 is 5.91 Å². The van der Waals surface area contributed by atoms with Crippen molar-refractivity contribution in [2.75, 3.05) is 7.05 Å². The van der Waals surface area contributed by atoms with E-state index in [1.807, 2.05) is 20.9 Å². The van der Waals surface area contributed by atoms with Gasteiger partial charge in [0.2, 0.25) is 5.91 Å². The molecule has 0 saturated heterocycles. The van der Waals surface area contributed by atoms with Crippen LogP contribution >= 0.6 is 0 Å². The fraction of sp³-hybridized carbons (Fsp3) is 0.909. The number of rotatable bonds is 5. The first-order valence-electron chi connectivity index (χ1n) is 5.32. The Bertz CT molecular complexity index is 184.